The molecule has 1 saturated heterocycles. The van der Waals surface area contributed by atoms with E-state index in [4.69, 9.17) is 5.73 Å². The van der Waals surface area contributed by atoms with Crippen LogP contribution in [-0.2, 0) is 8.37 Å². The summed E-state index contributed by atoms with van der Waals surface area (Å²) < 4.78 is 9.72. The molecule has 0 aliphatic carbocycles. The van der Waals surface area contributed by atoms with Crippen molar-refractivity contribution in [1.82, 2.24) is 0 Å². The predicted molar refractivity (Wildman–Crippen MR) is 93.2 cm³/mol. The van der Waals surface area contributed by atoms with E-state index >= 15 is 0 Å². The Labute approximate surface area is 141 Å². The molecule has 0 bridgehead atoms. The van der Waals surface area contributed by atoms with E-state index in [1.54, 1.807) is 26.4 Å². The number of piperazine rings is 1. The van der Waals surface area contributed by atoms with Gasteiger partial charge in [-0.2, -0.15) is 0 Å². The molecule has 0 radical (unpaired) electrons. The molecule has 1 fully saturated rings. The van der Waals surface area contributed by atoms with Crippen LogP contribution < -0.4 is 10.6 Å². The van der Waals surface area contributed by atoms with Gasteiger partial charge in [-0.15, -0.1) is 0 Å². The first kappa shape index (κ1) is 19.5. The average molecular weight is 345 g/mol. The zero-order valence-electron chi connectivity index (χ0n) is 14.0. The number of benzene rings is 1. The summed E-state index contributed by atoms with van der Waals surface area (Å²) in [5, 5.41) is 11.0. The lowest BCUT2D eigenvalue weighted by molar-refractivity contribution is -0.890. The molecule has 0 unspecified atom stereocenters. The summed E-state index contributed by atoms with van der Waals surface area (Å²) in [6.45, 7) is 3.59. The highest BCUT2D eigenvalue weighted by atomic mass is 32.2. The first-order chi connectivity index (χ1) is 10.8. The molecule has 130 valence electrons. The molecule has 1 aliphatic rings. The Morgan fingerprint density at radius 1 is 1.26 bits per heavy atom. The van der Waals surface area contributed by atoms with Crippen LogP contribution in [0.4, 0.5) is 17.1 Å². The predicted octanol–water partition coefficient (Wildman–Crippen LogP) is 1.92. The monoisotopic (exact) mass is 345 g/mol. The van der Waals surface area contributed by atoms with E-state index < -0.39 is 0 Å². The number of nitrogens with two attached hydrogens (primary N) is 1. The lowest BCUT2D eigenvalue weighted by atomic mass is 10.2. The van der Waals surface area contributed by atoms with Crippen LogP contribution in [0.25, 0.3) is 0 Å². The van der Waals surface area contributed by atoms with Crippen molar-refractivity contribution in [3.05, 3.63) is 28.3 Å². The van der Waals surface area contributed by atoms with Gasteiger partial charge in [0.1, 0.15) is 5.69 Å². The third-order valence-electron chi connectivity index (χ3n) is 3.62. The first-order valence-electron chi connectivity index (χ1n) is 7.15. The number of likely N-dealkylation sites (N-methyl/N-ethyl adjacent to an activating group) is 1. The van der Waals surface area contributed by atoms with Crippen molar-refractivity contribution in [3.8, 4) is 0 Å². The number of anilines is 2. The molecule has 1 aromatic rings. The average Bonchev–Trinajstić information content (AvgIpc) is 2.48. The fourth-order valence-corrected chi connectivity index (χ4v) is 2.40. The van der Waals surface area contributed by atoms with Crippen LogP contribution in [0.3, 0.4) is 0 Å². The van der Waals surface area contributed by atoms with Crippen molar-refractivity contribution in [1.29, 1.82) is 0 Å². The Kier molecular flexibility index (Phi) is 7.56. The van der Waals surface area contributed by atoms with Gasteiger partial charge in [0.15, 0.2) is 12.3 Å². The second kappa shape index (κ2) is 8.92. The molecule has 23 heavy (non-hydrogen) atoms. The molecule has 0 amide bonds. The Morgan fingerprint density at radius 3 is 2.26 bits per heavy atom. The van der Waals surface area contributed by atoms with Crippen molar-refractivity contribution in [2.24, 2.45) is 0 Å². The minimum atomic E-state index is -0.344. The second-order valence-corrected chi connectivity index (χ2v) is 6.58. The molecule has 1 heterocycles. The van der Waals surface area contributed by atoms with Crippen molar-refractivity contribution < 1.29 is 17.8 Å². The molecular formula is C14H25N4O4S+. The number of hydrogen-bond donors (Lipinski definition) is 1. The zero-order chi connectivity index (χ0) is 17.5. The normalized spacial score (nSPS) is 16.4. The molecule has 2 rings (SSSR count). The van der Waals surface area contributed by atoms with Gasteiger partial charge < -0.3 is 15.1 Å². The van der Waals surface area contributed by atoms with Crippen molar-refractivity contribution in [3.63, 3.8) is 0 Å². The topological polar surface area (TPSA) is 90.9 Å². The quantitative estimate of drug-likeness (QED) is 0.293. The highest BCUT2D eigenvalue weighted by Gasteiger charge is 2.28. The van der Waals surface area contributed by atoms with Gasteiger partial charge in [-0.05, 0) is 12.1 Å². The molecule has 1 aliphatic heterocycles. The van der Waals surface area contributed by atoms with E-state index in [1.165, 1.54) is 6.07 Å². The Bertz CT molecular complexity index is 515. The number of rotatable bonds is 4. The van der Waals surface area contributed by atoms with Gasteiger partial charge in [-0.3, -0.25) is 18.5 Å². The Morgan fingerprint density at radius 2 is 1.83 bits per heavy atom. The Hall–Kier alpha value is -1.55. The number of nitrogens with zero attached hydrogens (tertiary/aromatic N) is 3. The number of nitrogen functional groups attached to an aromatic ring is 1. The highest BCUT2D eigenvalue weighted by Crippen LogP contribution is 2.31. The van der Waals surface area contributed by atoms with Gasteiger partial charge in [-0.1, -0.05) is 0 Å². The third-order valence-corrected chi connectivity index (χ3v) is 3.90. The standard InChI is InChI=1S/C12H19N4O2.C2H6O2S/c1-16(2)7-5-14(6-8-16)12-9-10(13)3-4-11(12)15(17)18;1-3-5-4-2/h3-4,9H,5-8,13H2,1-2H3;1-2H3/q+1;. The third kappa shape index (κ3) is 6.22. The van der Waals surface area contributed by atoms with E-state index in [2.05, 4.69) is 27.4 Å². The van der Waals surface area contributed by atoms with E-state index in [0.29, 0.717) is 11.4 Å². The lowest BCUT2D eigenvalue weighted by Crippen LogP contribution is -2.55. The summed E-state index contributed by atoms with van der Waals surface area (Å²) in [4.78, 5) is 12.7. The van der Waals surface area contributed by atoms with Crippen LogP contribution in [0.5, 0.6) is 0 Å². The maximum absolute atomic E-state index is 11.0. The van der Waals surface area contributed by atoms with Crippen molar-refractivity contribution in [2.45, 2.75) is 0 Å². The fraction of sp³-hybridized carbons (Fsp3) is 0.571. The highest BCUT2D eigenvalue weighted by molar-refractivity contribution is 7.89. The zero-order valence-corrected chi connectivity index (χ0v) is 14.8. The van der Waals surface area contributed by atoms with Gasteiger partial charge in [-0.25, -0.2) is 0 Å². The minimum absolute atomic E-state index is 0.136. The second-order valence-electron chi connectivity index (χ2n) is 5.78. The van der Waals surface area contributed by atoms with Crippen molar-refractivity contribution in [2.75, 3.05) is 65.1 Å². The summed E-state index contributed by atoms with van der Waals surface area (Å²) in [7, 11) is 7.44. The van der Waals surface area contributed by atoms with Gasteiger partial charge in [0, 0.05) is 11.8 Å². The van der Waals surface area contributed by atoms with Crippen LogP contribution in [0.15, 0.2) is 18.2 Å². The van der Waals surface area contributed by atoms with Gasteiger partial charge in [0.2, 0.25) is 0 Å². The minimum Gasteiger partial charge on any atom is -0.399 e. The summed E-state index contributed by atoms with van der Waals surface area (Å²) >= 11 is 0.963. The molecule has 8 nitrogen and oxygen atoms in total. The SMILES string of the molecule is COSOC.C[N+]1(C)CCN(c2cc(N)ccc2[N+](=O)[O-])CC1. The smallest absolute Gasteiger partial charge is 0.292 e. The van der Waals surface area contributed by atoms with Crippen LogP contribution in [0.2, 0.25) is 0 Å². The maximum Gasteiger partial charge on any atom is 0.292 e. The molecule has 0 saturated carbocycles. The summed E-state index contributed by atoms with van der Waals surface area (Å²) in [6.07, 6.45) is 0. The molecule has 9 heteroatoms. The van der Waals surface area contributed by atoms with Crippen molar-refractivity contribution >= 4 is 29.4 Å². The summed E-state index contributed by atoms with van der Waals surface area (Å²) in [6, 6.07) is 4.76. The Balaban J connectivity index is 0.000000463. The molecule has 0 spiro atoms. The summed E-state index contributed by atoms with van der Waals surface area (Å²) in [5.41, 5.74) is 7.07. The molecular weight excluding hydrogens is 320 g/mol. The number of nitro groups is 1. The first-order valence-corrected chi connectivity index (χ1v) is 7.81. The largest absolute Gasteiger partial charge is 0.399 e. The van der Waals surface area contributed by atoms with E-state index in [0.717, 1.165) is 43.0 Å². The molecule has 0 atom stereocenters. The lowest BCUT2D eigenvalue weighted by Gasteiger charge is -2.39. The van der Waals surface area contributed by atoms with Gasteiger partial charge in [0.25, 0.3) is 5.69 Å². The van der Waals surface area contributed by atoms with Gasteiger partial charge >= 0.3 is 0 Å². The molecule has 2 N–H and O–H groups in total. The number of hydrogen-bond acceptors (Lipinski definition) is 7. The van der Waals surface area contributed by atoms with E-state index in [-0.39, 0.29) is 10.6 Å². The fourth-order valence-electron chi connectivity index (χ4n) is 2.26. The van der Waals surface area contributed by atoms with E-state index in [9.17, 15) is 10.1 Å². The molecule has 0 aromatic heterocycles. The summed E-state index contributed by atoms with van der Waals surface area (Å²) in [5.74, 6) is 0. The molecule has 1 aromatic carbocycles. The van der Waals surface area contributed by atoms with Crippen LogP contribution in [-0.4, -0.2) is 63.9 Å². The number of nitro benzene ring substituents is 1. The number of quaternary nitrogens is 1. The van der Waals surface area contributed by atoms with Crippen LogP contribution in [0.1, 0.15) is 0 Å². The van der Waals surface area contributed by atoms with Gasteiger partial charge in [0.05, 0.1) is 59.4 Å². The maximum atomic E-state index is 11.0. The van der Waals surface area contributed by atoms with Crippen LogP contribution >= 0.6 is 12.3 Å². The van der Waals surface area contributed by atoms with Crippen LogP contribution in [0, 0.1) is 10.1 Å². The van der Waals surface area contributed by atoms with E-state index in [1.807, 2.05) is 0 Å².